The van der Waals surface area contributed by atoms with Gasteiger partial charge in [-0.3, -0.25) is 9.97 Å². The highest BCUT2D eigenvalue weighted by atomic mass is 16.4. The Bertz CT molecular complexity index is 999. The van der Waals surface area contributed by atoms with Gasteiger partial charge in [0.15, 0.2) is 0 Å². The second kappa shape index (κ2) is 7.49. The Morgan fingerprint density at radius 3 is 2.00 bits per heavy atom. The summed E-state index contributed by atoms with van der Waals surface area (Å²) in [6.45, 7) is 0. The third-order valence-corrected chi connectivity index (χ3v) is 4.20. The minimum atomic E-state index is -1.56. The number of hydrogen-bond acceptors (Lipinski definition) is 5. The predicted molar refractivity (Wildman–Crippen MR) is 106 cm³/mol. The lowest BCUT2D eigenvalue weighted by Crippen LogP contribution is -2.29. The van der Waals surface area contributed by atoms with Gasteiger partial charge in [0, 0.05) is 12.4 Å². The molecular formula is C21H16BN3O2. The van der Waals surface area contributed by atoms with E-state index >= 15 is 0 Å². The molecular weight excluding hydrogens is 337 g/mol. The molecule has 0 aliphatic heterocycles. The molecule has 0 bridgehead atoms. The maximum Gasteiger partial charge on any atom is 0.488 e. The zero-order valence-electron chi connectivity index (χ0n) is 14.4. The molecule has 5 nitrogen and oxygen atoms in total. The van der Waals surface area contributed by atoms with Crippen LogP contribution in [0, 0.1) is 0 Å². The van der Waals surface area contributed by atoms with Gasteiger partial charge in [0.25, 0.3) is 0 Å². The lowest BCUT2D eigenvalue weighted by atomic mass is 9.80. The van der Waals surface area contributed by atoms with Crippen LogP contribution in [0.3, 0.4) is 0 Å². The Hall–Kier alpha value is -3.35. The van der Waals surface area contributed by atoms with Gasteiger partial charge in [0.05, 0.1) is 22.8 Å². The van der Waals surface area contributed by atoms with Crippen LogP contribution in [0.4, 0.5) is 0 Å². The highest BCUT2D eigenvalue weighted by molar-refractivity contribution is 6.58. The van der Waals surface area contributed by atoms with E-state index in [1.54, 1.807) is 24.5 Å². The summed E-state index contributed by atoms with van der Waals surface area (Å²) in [5.41, 5.74) is 5.09. The number of benzene rings is 1. The SMILES string of the molecule is OB(O)c1ccnc(-c2cc(-c3ccccc3)cc(-c3ccccn3)n2)c1. The van der Waals surface area contributed by atoms with Crippen molar-refractivity contribution < 1.29 is 10.0 Å². The van der Waals surface area contributed by atoms with Crippen molar-refractivity contribution in [1.82, 2.24) is 15.0 Å². The second-order valence-electron chi connectivity index (χ2n) is 6.06. The van der Waals surface area contributed by atoms with Gasteiger partial charge in [-0.2, -0.15) is 0 Å². The van der Waals surface area contributed by atoms with Crippen LogP contribution in [0.5, 0.6) is 0 Å². The van der Waals surface area contributed by atoms with Gasteiger partial charge in [-0.25, -0.2) is 4.98 Å². The molecule has 0 spiro atoms. The van der Waals surface area contributed by atoms with Crippen molar-refractivity contribution in [2.45, 2.75) is 0 Å². The Labute approximate surface area is 157 Å². The molecule has 130 valence electrons. The summed E-state index contributed by atoms with van der Waals surface area (Å²) >= 11 is 0. The fourth-order valence-electron chi connectivity index (χ4n) is 2.85. The normalized spacial score (nSPS) is 10.6. The molecule has 0 aliphatic rings. The average molecular weight is 353 g/mol. The van der Waals surface area contributed by atoms with E-state index in [0.29, 0.717) is 16.9 Å². The van der Waals surface area contributed by atoms with E-state index in [4.69, 9.17) is 4.98 Å². The third-order valence-electron chi connectivity index (χ3n) is 4.20. The van der Waals surface area contributed by atoms with Gasteiger partial charge in [-0.15, -0.1) is 0 Å². The zero-order valence-corrected chi connectivity index (χ0v) is 14.4. The van der Waals surface area contributed by atoms with Crippen LogP contribution in [0.1, 0.15) is 0 Å². The topological polar surface area (TPSA) is 79.1 Å². The van der Waals surface area contributed by atoms with Crippen molar-refractivity contribution >= 4 is 12.6 Å². The number of pyridine rings is 3. The molecule has 0 amide bonds. The van der Waals surface area contributed by atoms with Crippen LogP contribution in [0.2, 0.25) is 0 Å². The molecule has 3 heterocycles. The molecule has 1 aromatic carbocycles. The standard InChI is InChI=1S/C21H16BN3O2/c26-22(27)17-9-11-24-19(14-17)21-13-16(15-6-2-1-3-7-15)12-20(25-21)18-8-4-5-10-23-18/h1-14,26-27H. The first-order valence-corrected chi connectivity index (χ1v) is 8.52. The molecule has 0 radical (unpaired) electrons. The summed E-state index contributed by atoms with van der Waals surface area (Å²) in [4.78, 5) is 13.5. The number of aromatic nitrogens is 3. The maximum absolute atomic E-state index is 9.46. The molecule has 0 fully saturated rings. The Kier molecular flexibility index (Phi) is 4.74. The first-order chi connectivity index (χ1) is 13.2. The van der Waals surface area contributed by atoms with Gasteiger partial charge in [-0.1, -0.05) is 36.4 Å². The third kappa shape index (κ3) is 3.77. The first-order valence-electron chi connectivity index (χ1n) is 8.52. The molecule has 4 rings (SSSR count). The second-order valence-corrected chi connectivity index (χ2v) is 6.06. The summed E-state index contributed by atoms with van der Waals surface area (Å²) < 4.78 is 0. The molecule has 27 heavy (non-hydrogen) atoms. The van der Waals surface area contributed by atoms with Crippen LogP contribution >= 0.6 is 0 Å². The molecule has 6 heteroatoms. The van der Waals surface area contributed by atoms with Gasteiger partial charge in [-0.05, 0) is 53.0 Å². The molecule has 0 saturated heterocycles. The number of hydrogen-bond donors (Lipinski definition) is 2. The molecule has 4 aromatic rings. The van der Waals surface area contributed by atoms with E-state index < -0.39 is 7.12 Å². The highest BCUT2D eigenvalue weighted by Crippen LogP contribution is 2.28. The van der Waals surface area contributed by atoms with Crippen LogP contribution < -0.4 is 5.46 Å². The van der Waals surface area contributed by atoms with E-state index in [-0.39, 0.29) is 0 Å². The van der Waals surface area contributed by atoms with Crippen LogP contribution in [0.15, 0.2) is 85.2 Å². The van der Waals surface area contributed by atoms with Crippen LogP contribution in [-0.2, 0) is 0 Å². The van der Waals surface area contributed by atoms with E-state index in [9.17, 15) is 10.0 Å². The minimum Gasteiger partial charge on any atom is -0.423 e. The number of nitrogens with zero attached hydrogens (tertiary/aromatic N) is 3. The maximum atomic E-state index is 9.46. The van der Waals surface area contributed by atoms with Gasteiger partial charge in [0.1, 0.15) is 0 Å². The zero-order chi connectivity index (χ0) is 18.6. The smallest absolute Gasteiger partial charge is 0.423 e. The minimum absolute atomic E-state index is 0.367. The average Bonchev–Trinajstić information content (AvgIpc) is 2.75. The lowest BCUT2D eigenvalue weighted by molar-refractivity contribution is 0.425. The highest BCUT2D eigenvalue weighted by Gasteiger charge is 2.14. The summed E-state index contributed by atoms with van der Waals surface area (Å²) in [5, 5.41) is 18.9. The summed E-state index contributed by atoms with van der Waals surface area (Å²) in [6.07, 6.45) is 3.27. The van der Waals surface area contributed by atoms with E-state index in [0.717, 1.165) is 22.5 Å². The van der Waals surface area contributed by atoms with E-state index in [1.807, 2.05) is 60.7 Å². The fraction of sp³-hybridized carbons (Fsp3) is 0. The van der Waals surface area contributed by atoms with Crippen LogP contribution in [-0.4, -0.2) is 32.1 Å². The van der Waals surface area contributed by atoms with Gasteiger partial charge < -0.3 is 10.0 Å². The van der Waals surface area contributed by atoms with E-state index in [1.165, 1.54) is 0 Å². The molecule has 0 saturated carbocycles. The summed E-state index contributed by atoms with van der Waals surface area (Å²) in [7, 11) is -1.56. The molecule has 2 N–H and O–H groups in total. The summed E-state index contributed by atoms with van der Waals surface area (Å²) in [6, 6.07) is 22.8. The molecule has 0 unspecified atom stereocenters. The lowest BCUT2D eigenvalue weighted by Gasteiger charge is -2.10. The molecule has 3 aromatic heterocycles. The van der Waals surface area contributed by atoms with Gasteiger partial charge in [0.2, 0.25) is 0 Å². The number of rotatable bonds is 4. The Balaban J connectivity index is 1.90. The predicted octanol–water partition coefficient (Wildman–Crippen LogP) is 2.55. The monoisotopic (exact) mass is 353 g/mol. The Morgan fingerprint density at radius 2 is 1.30 bits per heavy atom. The van der Waals surface area contributed by atoms with Crippen molar-refractivity contribution in [3.05, 3.63) is 85.2 Å². The quantitative estimate of drug-likeness (QED) is 0.552. The van der Waals surface area contributed by atoms with E-state index in [2.05, 4.69) is 9.97 Å². The van der Waals surface area contributed by atoms with Crippen molar-refractivity contribution in [2.75, 3.05) is 0 Å². The van der Waals surface area contributed by atoms with Gasteiger partial charge >= 0.3 is 7.12 Å². The molecule has 0 atom stereocenters. The van der Waals surface area contributed by atoms with Crippen molar-refractivity contribution in [2.24, 2.45) is 0 Å². The Morgan fingerprint density at radius 1 is 0.593 bits per heavy atom. The van der Waals surface area contributed by atoms with Crippen molar-refractivity contribution in [3.8, 4) is 33.9 Å². The largest absolute Gasteiger partial charge is 0.488 e. The summed E-state index contributed by atoms with van der Waals surface area (Å²) in [5.74, 6) is 0. The first kappa shape index (κ1) is 17.1. The molecule has 0 aliphatic carbocycles. The van der Waals surface area contributed by atoms with Crippen molar-refractivity contribution in [3.63, 3.8) is 0 Å². The fourth-order valence-corrected chi connectivity index (χ4v) is 2.85. The van der Waals surface area contributed by atoms with Crippen molar-refractivity contribution in [1.29, 1.82) is 0 Å². The van der Waals surface area contributed by atoms with Crippen LogP contribution in [0.25, 0.3) is 33.9 Å².